The van der Waals surface area contributed by atoms with E-state index in [-0.39, 0.29) is 15.1 Å². The maximum Gasteiger partial charge on any atom is 0.342 e. The highest BCUT2D eigenvalue weighted by Gasteiger charge is 2.25. The predicted octanol–water partition coefficient (Wildman–Crippen LogP) is 2.70. The number of benzene rings is 1. The third-order valence-corrected chi connectivity index (χ3v) is 4.52. The summed E-state index contributed by atoms with van der Waals surface area (Å²) in [5.41, 5.74) is 0.700. The van der Waals surface area contributed by atoms with E-state index in [1.807, 2.05) is 0 Å². The van der Waals surface area contributed by atoms with Crippen molar-refractivity contribution in [1.29, 1.82) is 0 Å². The van der Waals surface area contributed by atoms with E-state index in [1.54, 1.807) is 13.8 Å². The molecular formula is C11H10BrFN2O3S. The monoisotopic (exact) mass is 348 g/mol. The lowest BCUT2D eigenvalue weighted by atomic mass is 10.3. The summed E-state index contributed by atoms with van der Waals surface area (Å²) >= 11 is 3.05. The van der Waals surface area contributed by atoms with Gasteiger partial charge in [0.15, 0.2) is 5.75 Å². The van der Waals surface area contributed by atoms with Crippen LogP contribution in [0.4, 0.5) is 4.39 Å². The van der Waals surface area contributed by atoms with Crippen molar-refractivity contribution in [3.63, 3.8) is 0 Å². The van der Waals surface area contributed by atoms with E-state index in [1.165, 1.54) is 6.07 Å². The Balaban J connectivity index is 2.42. The molecule has 2 rings (SSSR count). The zero-order chi connectivity index (χ0) is 14.2. The first-order valence-electron chi connectivity index (χ1n) is 5.22. The van der Waals surface area contributed by atoms with E-state index in [2.05, 4.69) is 26.1 Å². The maximum atomic E-state index is 12.9. The molecule has 8 heteroatoms. The van der Waals surface area contributed by atoms with Crippen LogP contribution in [0.1, 0.15) is 11.4 Å². The van der Waals surface area contributed by atoms with Crippen molar-refractivity contribution in [3.05, 3.63) is 39.9 Å². The van der Waals surface area contributed by atoms with Crippen LogP contribution in [-0.4, -0.2) is 18.6 Å². The molecule has 0 saturated carbocycles. The number of rotatable bonds is 3. The van der Waals surface area contributed by atoms with E-state index >= 15 is 0 Å². The van der Waals surface area contributed by atoms with Gasteiger partial charge in [0.25, 0.3) is 0 Å². The highest BCUT2D eigenvalue weighted by molar-refractivity contribution is 9.10. The summed E-state index contributed by atoms with van der Waals surface area (Å²) in [6, 6.07) is 3.48. The largest absolute Gasteiger partial charge is 0.378 e. The molecule has 0 amide bonds. The van der Waals surface area contributed by atoms with Crippen LogP contribution >= 0.6 is 15.9 Å². The van der Waals surface area contributed by atoms with E-state index < -0.39 is 15.9 Å². The molecule has 0 fully saturated rings. The zero-order valence-electron chi connectivity index (χ0n) is 10.1. The van der Waals surface area contributed by atoms with E-state index in [4.69, 9.17) is 4.18 Å². The van der Waals surface area contributed by atoms with Crippen molar-refractivity contribution in [3.8, 4) is 5.75 Å². The van der Waals surface area contributed by atoms with E-state index in [0.717, 1.165) is 12.1 Å². The van der Waals surface area contributed by atoms with Gasteiger partial charge in [-0.15, -0.1) is 0 Å². The molecule has 0 spiro atoms. The highest BCUT2D eigenvalue weighted by atomic mass is 79.9. The molecule has 1 N–H and O–H groups in total. The zero-order valence-corrected chi connectivity index (χ0v) is 12.5. The smallest absolute Gasteiger partial charge is 0.342 e. The van der Waals surface area contributed by atoms with E-state index in [9.17, 15) is 12.8 Å². The SMILES string of the molecule is Cc1n[nH]c(C)c1S(=O)(=O)Oc1ccc(F)cc1Br. The number of aryl methyl sites for hydroxylation is 2. The molecule has 0 aliphatic heterocycles. The Hall–Kier alpha value is -1.41. The molecule has 1 aromatic carbocycles. The number of nitrogens with zero attached hydrogens (tertiary/aromatic N) is 1. The number of hydrogen-bond acceptors (Lipinski definition) is 4. The van der Waals surface area contributed by atoms with Crippen LogP contribution in [0.25, 0.3) is 0 Å². The molecule has 2 aromatic rings. The van der Waals surface area contributed by atoms with Crippen LogP contribution < -0.4 is 4.18 Å². The molecule has 0 bridgehead atoms. The molecule has 0 atom stereocenters. The minimum absolute atomic E-state index is 0.0104. The standard InChI is InChI=1S/C11H10BrFN2O3S/c1-6-11(7(2)15-14-6)19(16,17)18-10-4-3-8(13)5-9(10)12/h3-5H,1-2H3,(H,14,15). The Labute approximate surface area is 118 Å². The quantitative estimate of drug-likeness (QED) is 0.865. The lowest BCUT2D eigenvalue weighted by Crippen LogP contribution is -2.12. The van der Waals surface area contributed by atoms with Gasteiger partial charge in [0.05, 0.1) is 15.9 Å². The first-order valence-corrected chi connectivity index (χ1v) is 7.42. The fraction of sp³-hybridized carbons (Fsp3) is 0.182. The van der Waals surface area contributed by atoms with Gasteiger partial charge in [-0.05, 0) is 48.0 Å². The molecule has 0 aliphatic carbocycles. The van der Waals surface area contributed by atoms with Gasteiger partial charge < -0.3 is 4.18 Å². The Kier molecular flexibility index (Phi) is 3.64. The molecule has 1 heterocycles. The van der Waals surface area contributed by atoms with Crippen molar-refractivity contribution < 1.29 is 17.0 Å². The summed E-state index contributed by atoms with van der Waals surface area (Å²) in [6.45, 7) is 3.13. The van der Waals surface area contributed by atoms with Crippen molar-refractivity contribution >= 4 is 26.0 Å². The fourth-order valence-corrected chi connectivity index (χ4v) is 3.44. The Morgan fingerprint density at radius 3 is 2.58 bits per heavy atom. The lowest BCUT2D eigenvalue weighted by molar-refractivity contribution is 0.482. The van der Waals surface area contributed by atoms with Gasteiger partial charge in [-0.2, -0.15) is 13.5 Å². The van der Waals surface area contributed by atoms with Crippen LogP contribution in [0.3, 0.4) is 0 Å². The van der Waals surface area contributed by atoms with Crippen molar-refractivity contribution in [2.75, 3.05) is 0 Å². The molecule has 0 saturated heterocycles. The fourth-order valence-electron chi connectivity index (χ4n) is 1.61. The van der Waals surface area contributed by atoms with Crippen molar-refractivity contribution in [2.24, 2.45) is 0 Å². The highest BCUT2D eigenvalue weighted by Crippen LogP contribution is 2.29. The molecule has 0 unspecified atom stereocenters. The number of H-pyrrole nitrogens is 1. The third-order valence-electron chi connectivity index (χ3n) is 2.40. The Morgan fingerprint density at radius 2 is 2.05 bits per heavy atom. The molecule has 0 aliphatic rings. The maximum absolute atomic E-state index is 12.9. The summed E-state index contributed by atoms with van der Waals surface area (Å²) < 4.78 is 42.4. The van der Waals surface area contributed by atoms with Gasteiger partial charge in [-0.25, -0.2) is 4.39 Å². The minimum Gasteiger partial charge on any atom is -0.378 e. The van der Waals surface area contributed by atoms with Crippen LogP contribution in [-0.2, 0) is 10.1 Å². The number of hydrogen-bond donors (Lipinski definition) is 1. The molecule has 0 radical (unpaired) electrons. The average Bonchev–Trinajstić information content (AvgIpc) is 2.63. The Morgan fingerprint density at radius 1 is 1.37 bits per heavy atom. The molecule has 102 valence electrons. The normalized spacial score (nSPS) is 11.6. The van der Waals surface area contributed by atoms with Crippen LogP contribution in [0.2, 0.25) is 0 Å². The van der Waals surface area contributed by atoms with Gasteiger partial charge >= 0.3 is 10.1 Å². The first kappa shape index (κ1) is 14.0. The minimum atomic E-state index is -4.01. The van der Waals surface area contributed by atoms with Crippen LogP contribution in [0.15, 0.2) is 27.6 Å². The summed E-state index contributed by atoms with van der Waals surface area (Å²) in [7, 11) is -4.01. The summed E-state index contributed by atoms with van der Waals surface area (Å²) in [5.74, 6) is -0.478. The second kappa shape index (κ2) is 4.93. The second-order valence-electron chi connectivity index (χ2n) is 3.88. The predicted molar refractivity (Wildman–Crippen MR) is 70.0 cm³/mol. The number of nitrogens with one attached hydrogen (secondary N) is 1. The van der Waals surface area contributed by atoms with Gasteiger partial charge in [0.2, 0.25) is 0 Å². The second-order valence-corrected chi connectivity index (χ2v) is 6.21. The van der Waals surface area contributed by atoms with Crippen molar-refractivity contribution in [1.82, 2.24) is 10.2 Å². The third kappa shape index (κ3) is 2.79. The van der Waals surface area contributed by atoms with Crippen LogP contribution in [0, 0.1) is 19.7 Å². The van der Waals surface area contributed by atoms with Gasteiger partial charge in [0.1, 0.15) is 10.7 Å². The molecular weight excluding hydrogens is 339 g/mol. The summed E-state index contributed by atoms with van der Waals surface area (Å²) in [6.07, 6.45) is 0. The lowest BCUT2D eigenvalue weighted by Gasteiger charge is -2.08. The number of aromatic nitrogens is 2. The topological polar surface area (TPSA) is 72.0 Å². The van der Waals surface area contributed by atoms with Gasteiger partial charge in [-0.3, -0.25) is 5.10 Å². The molecule has 1 aromatic heterocycles. The van der Waals surface area contributed by atoms with Crippen molar-refractivity contribution in [2.45, 2.75) is 18.7 Å². The Bertz CT molecular complexity index is 708. The summed E-state index contributed by atoms with van der Waals surface area (Å²) in [5, 5.41) is 6.38. The van der Waals surface area contributed by atoms with E-state index in [0.29, 0.717) is 11.4 Å². The van der Waals surface area contributed by atoms with Crippen LogP contribution in [0.5, 0.6) is 5.75 Å². The van der Waals surface area contributed by atoms with Gasteiger partial charge in [0, 0.05) is 0 Å². The van der Waals surface area contributed by atoms with Gasteiger partial charge in [-0.1, -0.05) is 0 Å². The average molecular weight is 349 g/mol. The first-order chi connectivity index (χ1) is 8.81. The number of halogens is 2. The molecule has 5 nitrogen and oxygen atoms in total. The molecule has 19 heavy (non-hydrogen) atoms. The number of aromatic amines is 1. The summed E-state index contributed by atoms with van der Waals surface area (Å²) in [4.78, 5) is -0.0104.